The first-order chi connectivity index (χ1) is 15.9. The van der Waals surface area contributed by atoms with Gasteiger partial charge < -0.3 is 9.64 Å². The van der Waals surface area contributed by atoms with Crippen LogP contribution in [0, 0.1) is 23.6 Å². The lowest BCUT2D eigenvalue weighted by atomic mass is 9.78. The van der Waals surface area contributed by atoms with Crippen LogP contribution in [0.5, 0.6) is 0 Å². The highest BCUT2D eigenvalue weighted by atomic mass is 32.2. The smallest absolute Gasteiger partial charge is 0.306 e. The fourth-order valence-electron chi connectivity index (χ4n) is 5.48. The van der Waals surface area contributed by atoms with Crippen molar-refractivity contribution >= 4 is 21.5 Å². The van der Waals surface area contributed by atoms with Crippen molar-refractivity contribution in [2.24, 2.45) is 17.8 Å². The number of nitrogens with zero attached hydrogens (tertiary/aromatic N) is 1. The highest BCUT2D eigenvalue weighted by molar-refractivity contribution is 7.90. The Hall–Kier alpha value is -1.63. The first-order valence-corrected chi connectivity index (χ1v) is 14.8. The van der Waals surface area contributed by atoms with Crippen molar-refractivity contribution in [3.05, 3.63) is 24.0 Å². The van der Waals surface area contributed by atoms with Gasteiger partial charge in [-0.05, 0) is 82.4 Å². The van der Waals surface area contributed by atoms with E-state index in [1.807, 2.05) is 25.7 Å². The van der Waals surface area contributed by atoms with Gasteiger partial charge in [-0.1, -0.05) is 32.1 Å². The van der Waals surface area contributed by atoms with E-state index in [9.17, 15) is 17.6 Å². The average Bonchev–Trinajstić information content (AvgIpc) is 2.73. The highest BCUT2D eigenvalue weighted by Crippen LogP contribution is 2.35. The third-order valence-electron chi connectivity index (χ3n) is 7.37. The lowest BCUT2D eigenvalue weighted by Gasteiger charge is -2.34. The van der Waals surface area contributed by atoms with Crippen LogP contribution < -0.4 is 4.90 Å². The van der Waals surface area contributed by atoms with E-state index in [1.165, 1.54) is 38.2 Å². The Morgan fingerprint density at radius 1 is 1.00 bits per heavy atom. The number of esters is 1. The van der Waals surface area contributed by atoms with Crippen molar-refractivity contribution < 1.29 is 22.3 Å². The summed E-state index contributed by atoms with van der Waals surface area (Å²) >= 11 is 0. The second-order valence-electron chi connectivity index (χ2n) is 11.4. The van der Waals surface area contributed by atoms with Gasteiger partial charge in [0.2, 0.25) is 0 Å². The maximum atomic E-state index is 14.5. The molecule has 0 N–H and O–H groups in total. The summed E-state index contributed by atoms with van der Waals surface area (Å²) in [5.41, 5.74) is 0.107. The van der Waals surface area contributed by atoms with Crippen molar-refractivity contribution in [3.63, 3.8) is 0 Å². The van der Waals surface area contributed by atoms with E-state index in [1.54, 1.807) is 6.07 Å². The molecule has 2 aliphatic rings. The summed E-state index contributed by atoms with van der Waals surface area (Å²) < 4.78 is 43.3. The van der Waals surface area contributed by atoms with E-state index in [-0.39, 0.29) is 10.9 Å². The molecule has 1 aromatic rings. The lowest BCUT2D eigenvalue weighted by molar-refractivity contribution is -0.156. The monoisotopic (exact) mass is 495 g/mol. The van der Waals surface area contributed by atoms with Crippen LogP contribution in [0.4, 0.5) is 10.1 Å². The standard InChI is InChI=1S/C27H42FNO4S/c1-27(2,3)33-26(30)18-22-10-8-20(9-11-22)6-5-7-21-14-16-29(17-15-21)25-13-12-23(19-24(25)28)34(4,31)32/h12-13,19-22H,5-11,14-18H2,1-4H3. The Morgan fingerprint density at radius 3 is 2.09 bits per heavy atom. The van der Waals surface area contributed by atoms with Gasteiger partial charge in [0.15, 0.2) is 9.84 Å². The van der Waals surface area contributed by atoms with Gasteiger partial charge in [-0.2, -0.15) is 0 Å². The zero-order chi connectivity index (χ0) is 24.9. The molecule has 1 aliphatic heterocycles. The summed E-state index contributed by atoms with van der Waals surface area (Å²) in [5.74, 6) is 1.41. The minimum absolute atomic E-state index is 0.0301. The van der Waals surface area contributed by atoms with Crippen LogP contribution in [0.1, 0.15) is 85.0 Å². The van der Waals surface area contributed by atoms with E-state index in [4.69, 9.17) is 4.74 Å². The Bertz CT molecular complexity index is 924. The van der Waals surface area contributed by atoms with Crippen LogP contribution in [0.2, 0.25) is 0 Å². The molecular weight excluding hydrogens is 453 g/mol. The molecule has 0 amide bonds. The largest absolute Gasteiger partial charge is 0.460 e. The summed E-state index contributed by atoms with van der Waals surface area (Å²) in [7, 11) is -3.40. The predicted octanol–water partition coefficient (Wildman–Crippen LogP) is 6.15. The number of anilines is 1. The molecule has 0 radical (unpaired) electrons. The van der Waals surface area contributed by atoms with Crippen molar-refractivity contribution in [2.45, 2.75) is 95.5 Å². The second kappa shape index (κ2) is 11.4. The first kappa shape index (κ1) is 27.0. The molecule has 0 spiro atoms. The fourth-order valence-corrected chi connectivity index (χ4v) is 6.11. The van der Waals surface area contributed by atoms with Crippen LogP contribution in [0.3, 0.4) is 0 Å². The summed E-state index contributed by atoms with van der Waals surface area (Å²) in [4.78, 5) is 14.1. The van der Waals surface area contributed by atoms with Gasteiger partial charge in [-0.15, -0.1) is 0 Å². The Labute approximate surface area is 205 Å². The van der Waals surface area contributed by atoms with Gasteiger partial charge in [0.05, 0.1) is 10.6 Å². The van der Waals surface area contributed by atoms with Crippen LogP contribution in [0.25, 0.3) is 0 Å². The number of sulfone groups is 1. The quantitative estimate of drug-likeness (QED) is 0.405. The summed E-state index contributed by atoms with van der Waals surface area (Å²) in [5, 5.41) is 0. The van der Waals surface area contributed by atoms with Crippen molar-refractivity contribution in [2.75, 3.05) is 24.2 Å². The molecule has 0 atom stereocenters. The molecule has 0 bridgehead atoms. The van der Waals surface area contributed by atoms with Crippen LogP contribution in [-0.2, 0) is 19.4 Å². The second-order valence-corrected chi connectivity index (χ2v) is 13.4. The number of halogens is 1. The van der Waals surface area contributed by atoms with Crippen molar-refractivity contribution in [1.29, 1.82) is 0 Å². The maximum Gasteiger partial charge on any atom is 0.306 e. The maximum absolute atomic E-state index is 14.5. The van der Waals surface area contributed by atoms with E-state index in [0.717, 1.165) is 57.0 Å². The number of piperidine rings is 1. The molecule has 0 unspecified atom stereocenters. The zero-order valence-corrected chi connectivity index (χ0v) is 22.1. The van der Waals surface area contributed by atoms with Gasteiger partial charge in [0.1, 0.15) is 11.4 Å². The zero-order valence-electron chi connectivity index (χ0n) is 21.3. The van der Waals surface area contributed by atoms with Gasteiger partial charge in [-0.25, -0.2) is 12.8 Å². The summed E-state index contributed by atoms with van der Waals surface area (Å²) in [6, 6.07) is 4.24. The van der Waals surface area contributed by atoms with Crippen LogP contribution in [0.15, 0.2) is 23.1 Å². The highest BCUT2D eigenvalue weighted by Gasteiger charge is 2.26. The molecule has 1 heterocycles. The van der Waals surface area contributed by atoms with E-state index < -0.39 is 21.3 Å². The SMILES string of the molecule is CC(C)(C)OC(=O)CC1CCC(CCCC2CCN(c3ccc(S(C)(=O)=O)cc3F)CC2)CC1. The fraction of sp³-hybridized carbons (Fsp3) is 0.741. The van der Waals surface area contributed by atoms with Gasteiger partial charge in [0.25, 0.3) is 0 Å². The molecule has 3 rings (SSSR count). The summed E-state index contributed by atoms with van der Waals surface area (Å²) in [6.45, 7) is 7.39. The molecule has 1 saturated carbocycles. The molecule has 1 aliphatic carbocycles. The number of hydrogen-bond donors (Lipinski definition) is 0. The number of benzene rings is 1. The molecule has 7 heteroatoms. The first-order valence-electron chi connectivity index (χ1n) is 12.9. The van der Waals surface area contributed by atoms with Crippen LogP contribution in [-0.4, -0.2) is 39.3 Å². The molecule has 192 valence electrons. The third-order valence-corrected chi connectivity index (χ3v) is 8.48. The summed E-state index contributed by atoms with van der Waals surface area (Å²) in [6.07, 6.45) is 12.2. The van der Waals surface area contributed by atoms with Crippen molar-refractivity contribution in [1.82, 2.24) is 0 Å². The Kier molecular flexibility index (Phi) is 9.04. The van der Waals surface area contributed by atoms with E-state index in [0.29, 0.717) is 23.9 Å². The molecule has 5 nitrogen and oxygen atoms in total. The third kappa shape index (κ3) is 8.24. The minimum Gasteiger partial charge on any atom is -0.460 e. The van der Waals surface area contributed by atoms with Crippen LogP contribution >= 0.6 is 0 Å². The molecular formula is C27H42FNO4S. The molecule has 1 aromatic carbocycles. The van der Waals surface area contributed by atoms with Crippen molar-refractivity contribution in [3.8, 4) is 0 Å². The lowest BCUT2D eigenvalue weighted by Crippen LogP contribution is -2.34. The Balaban J connectivity index is 1.33. The molecule has 1 saturated heterocycles. The van der Waals surface area contributed by atoms with Gasteiger partial charge in [0, 0.05) is 25.8 Å². The minimum atomic E-state index is -3.40. The number of carbonyl (C=O) groups is 1. The molecule has 0 aromatic heterocycles. The number of rotatable bonds is 8. The Morgan fingerprint density at radius 2 is 1.56 bits per heavy atom. The number of hydrogen-bond acceptors (Lipinski definition) is 5. The van der Waals surface area contributed by atoms with Gasteiger partial charge >= 0.3 is 5.97 Å². The number of ether oxygens (including phenoxy) is 1. The van der Waals surface area contributed by atoms with Gasteiger partial charge in [-0.3, -0.25) is 4.79 Å². The topological polar surface area (TPSA) is 63.7 Å². The normalized spacial score (nSPS) is 22.6. The average molecular weight is 496 g/mol. The molecule has 2 fully saturated rings. The molecule has 34 heavy (non-hydrogen) atoms. The number of carbonyl (C=O) groups excluding carboxylic acids is 1. The van der Waals surface area contributed by atoms with E-state index >= 15 is 0 Å². The van der Waals surface area contributed by atoms with E-state index in [2.05, 4.69) is 0 Å². The predicted molar refractivity (Wildman–Crippen MR) is 134 cm³/mol.